The molecular formula is C9H12N2O4. The fourth-order valence-electron chi connectivity index (χ4n) is 1.42. The molecule has 0 saturated carbocycles. The summed E-state index contributed by atoms with van der Waals surface area (Å²) in [4.78, 5) is 34.1. The number of carboxylic acid groups (broad SMARTS) is 1. The molecule has 6 nitrogen and oxygen atoms in total. The number of nitrogens with one attached hydrogen (secondary N) is 1. The summed E-state index contributed by atoms with van der Waals surface area (Å²) < 4.78 is 0. The van der Waals surface area contributed by atoms with Gasteiger partial charge in [0.15, 0.2) is 0 Å². The summed E-state index contributed by atoms with van der Waals surface area (Å²) >= 11 is 0. The number of carbonyl (C=O) groups excluding carboxylic acids is 2. The maximum Gasteiger partial charge on any atom is 0.329 e. The Labute approximate surface area is 86.6 Å². The van der Waals surface area contributed by atoms with E-state index in [2.05, 4.69) is 5.32 Å². The van der Waals surface area contributed by atoms with Crippen molar-refractivity contribution in [2.45, 2.75) is 19.4 Å². The summed E-state index contributed by atoms with van der Waals surface area (Å²) in [5, 5.41) is 10.6. The van der Waals surface area contributed by atoms with Gasteiger partial charge in [0.1, 0.15) is 6.04 Å². The number of amides is 2. The van der Waals surface area contributed by atoms with Crippen molar-refractivity contribution in [2.24, 2.45) is 0 Å². The second kappa shape index (κ2) is 4.59. The molecule has 1 saturated heterocycles. The molecule has 0 aliphatic carbocycles. The van der Waals surface area contributed by atoms with Crippen LogP contribution >= 0.6 is 0 Å². The number of imide groups is 1. The van der Waals surface area contributed by atoms with Crippen molar-refractivity contribution in [1.82, 2.24) is 10.2 Å². The van der Waals surface area contributed by atoms with Gasteiger partial charge in [0, 0.05) is 12.3 Å². The summed E-state index contributed by atoms with van der Waals surface area (Å²) in [6, 6.07) is -0.474. The molecule has 15 heavy (non-hydrogen) atoms. The molecule has 1 atom stereocenters. The van der Waals surface area contributed by atoms with Crippen LogP contribution in [0, 0.1) is 0 Å². The van der Waals surface area contributed by atoms with E-state index in [1.165, 1.54) is 11.1 Å². The van der Waals surface area contributed by atoms with Gasteiger partial charge in [-0.25, -0.2) is 4.79 Å². The molecular weight excluding hydrogens is 200 g/mol. The van der Waals surface area contributed by atoms with E-state index in [0.29, 0.717) is 6.42 Å². The van der Waals surface area contributed by atoms with E-state index in [4.69, 9.17) is 5.11 Å². The van der Waals surface area contributed by atoms with Gasteiger partial charge in [0.2, 0.25) is 11.8 Å². The van der Waals surface area contributed by atoms with E-state index in [1.807, 2.05) is 0 Å². The van der Waals surface area contributed by atoms with Crippen LogP contribution in [0.15, 0.2) is 12.3 Å². The number of carboxylic acids is 1. The number of piperazine rings is 1. The predicted octanol–water partition coefficient (Wildman–Crippen LogP) is -0.678. The van der Waals surface area contributed by atoms with Crippen molar-refractivity contribution in [3.8, 4) is 0 Å². The topological polar surface area (TPSA) is 86.7 Å². The van der Waals surface area contributed by atoms with Crippen molar-refractivity contribution in [3.63, 3.8) is 0 Å². The number of hydrogen-bond donors (Lipinski definition) is 2. The van der Waals surface area contributed by atoms with Gasteiger partial charge in [-0.1, -0.05) is 6.92 Å². The van der Waals surface area contributed by atoms with E-state index < -0.39 is 17.9 Å². The van der Waals surface area contributed by atoms with Gasteiger partial charge >= 0.3 is 5.97 Å². The van der Waals surface area contributed by atoms with Gasteiger partial charge in [0.05, 0.1) is 6.54 Å². The molecule has 1 heterocycles. The first-order valence-electron chi connectivity index (χ1n) is 4.55. The van der Waals surface area contributed by atoms with E-state index in [-0.39, 0.29) is 12.5 Å². The first kappa shape index (κ1) is 11.2. The normalized spacial score (nSPS) is 21.9. The Morgan fingerprint density at radius 2 is 2.33 bits per heavy atom. The quantitative estimate of drug-likeness (QED) is 0.478. The third kappa shape index (κ3) is 2.80. The molecule has 1 aliphatic heterocycles. The summed E-state index contributed by atoms with van der Waals surface area (Å²) in [6.07, 6.45) is 2.69. The monoisotopic (exact) mass is 212 g/mol. The molecule has 0 aromatic carbocycles. The minimum Gasteiger partial charge on any atom is -0.478 e. The number of carbonyl (C=O) groups is 3. The number of rotatable bonds is 3. The van der Waals surface area contributed by atoms with Crippen molar-refractivity contribution in [1.29, 1.82) is 0 Å². The van der Waals surface area contributed by atoms with Crippen LogP contribution in [0.25, 0.3) is 0 Å². The Morgan fingerprint density at radius 1 is 1.67 bits per heavy atom. The molecule has 0 spiro atoms. The SMILES string of the molecule is CCC1C(=O)NC(=O)CN1C=CC(=O)O. The third-order valence-electron chi connectivity index (χ3n) is 2.09. The number of nitrogens with zero attached hydrogens (tertiary/aromatic N) is 1. The van der Waals surface area contributed by atoms with Crippen LogP contribution in [0.2, 0.25) is 0 Å². The molecule has 1 fully saturated rings. The highest BCUT2D eigenvalue weighted by Crippen LogP contribution is 2.09. The predicted molar refractivity (Wildman–Crippen MR) is 50.7 cm³/mol. The minimum absolute atomic E-state index is 0.00796. The summed E-state index contributed by atoms with van der Waals surface area (Å²) in [6.45, 7) is 1.80. The number of aliphatic carboxylic acids is 1. The van der Waals surface area contributed by atoms with Crippen LogP contribution in [0.4, 0.5) is 0 Å². The molecule has 6 heteroatoms. The zero-order valence-electron chi connectivity index (χ0n) is 8.27. The van der Waals surface area contributed by atoms with Crippen LogP contribution in [0.5, 0.6) is 0 Å². The Morgan fingerprint density at radius 3 is 2.87 bits per heavy atom. The van der Waals surface area contributed by atoms with Crippen molar-refractivity contribution < 1.29 is 19.5 Å². The summed E-state index contributed by atoms with van der Waals surface area (Å²) in [5.41, 5.74) is 0. The van der Waals surface area contributed by atoms with Crippen LogP contribution in [-0.4, -0.2) is 40.4 Å². The third-order valence-corrected chi connectivity index (χ3v) is 2.09. The molecule has 2 N–H and O–H groups in total. The second-order valence-corrected chi connectivity index (χ2v) is 3.16. The Bertz CT molecular complexity index is 324. The Hall–Kier alpha value is -1.85. The molecule has 2 amide bonds. The Balaban J connectivity index is 2.78. The largest absolute Gasteiger partial charge is 0.478 e. The van der Waals surface area contributed by atoms with Crippen LogP contribution in [-0.2, 0) is 14.4 Å². The summed E-state index contributed by atoms with van der Waals surface area (Å²) in [5.74, 6) is -1.91. The molecule has 1 unspecified atom stereocenters. The standard InChI is InChI=1S/C9H12N2O4/c1-2-6-9(15)10-7(12)5-11(6)4-3-8(13)14/h3-4,6H,2,5H2,1H3,(H,13,14)(H,10,12,15). The average molecular weight is 212 g/mol. The highest BCUT2D eigenvalue weighted by Gasteiger charge is 2.30. The van der Waals surface area contributed by atoms with Gasteiger partial charge in [-0.3, -0.25) is 14.9 Å². The van der Waals surface area contributed by atoms with Crippen molar-refractivity contribution in [3.05, 3.63) is 12.3 Å². The lowest BCUT2D eigenvalue weighted by molar-refractivity contribution is -0.139. The minimum atomic E-state index is -1.11. The average Bonchev–Trinajstić information content (AvgIpc) is 2.13. The van der Waals surface area contributed by atoms with Crippen LogP contribution in [0.3, 0.4) is 0 Å². The van der Waals surface area contributed by atoms with Gasteiger partial charge in [-0.05, 0) is 6.42 Å². The lowest BCUT2D eigenvalue weighted by Gasteiger charge is -2.32. The molecule has 0 aromatic heterocycles. The van der Waals surface area contributed by atoms with Crippen molar-refractivity contribution >= 4 is 17.8 Å². The molecule has 1 aliphatic rings. The van der Waals surface area contributed by atoms with Crippen LogP contribution in [0.1, 0.15) is 13.3 Å². The highest BCUT2D eigenvalue weighted by molar-refractivity contribution is 6.01. The first-order valence-corrected chi connectivity index (χ1v) is 4.55. The fraction of sp³-hybridized carbons (Fsp3) is 0.444. The first-order chi connectivity index (χ1) is 7.04. The van der Waals surface area contributed by atoms with E-state index >= 15 is 0 Å². The lowest BCUT2D eigenvalue weighted by atomic mass is 10.1. The van der Waals surface area contributed by atoms with E-state index in [9.17, 15) is 14.4 Å². The Kier molecular flexibility index (Phi) is 3.43. The maximum atomic E-state index is 11.3. The zero-order chi connectivity index (χ0) is 11.4. The van der Waals surface area contributed by atoms with Gasteiger partial charge in [-0.2, -0.15) is 0 Å². The zero-order valence-corrected chi connectivity index (χ0v) is 8.27. The maximum absolute atomic E-state index is 11.3. The fourth-order valence-corrected chi connectivity index (χ4v) is 1.42. The van der Waals surface area contributed by atoms with E-state index in [0.717, 1.165) is 6.08 Å². The van der Waals surface area contributed by atoms with Crippen molar-refractivity contribution in [2.75, 3.05) is 6.54 Å². The molecule has 1 rings (SSSR count). The van der Waals surface area contributed by atoms with Gasteiger partial charge in [-0.15, -0.1) is 0 Å². The van der Waals surface area contributed by atoms with Gasteiger partial charge < -0.3 is 10.0 Å². The molecule has 0 radical (unpaired) electrons. The lowest BCUT2D eigenvalue weighted by Crippen LogP contribution is -2.55. The van der Waals surface area contributed by atoms with Gasteiger partial charge in [0.25, 0.3) is 0 Å². The molecule has 0 bridgehead atoms. The smallest absolute Gasteiger partial charge is 0.329 e. The highest BCUT2D eigenvalue weighted by atomic mass is 16.4. The van der Waals surface area contributed by atoms with E-state index in [1.54, 1.807) is 6.92 Å². The van der Waals surface area contributed by atoms with Crippen LogP contribution < -0.4 is 5.32 Å². The molecule has 82 valence electrons. The summed E-state index contributed by atoms with van der Waals surface area (Å²) in [7, 11) is 0. The second-order valence-electron chi connectivity index (χ2n) is 3.16. The number of hydrogen-bond acceptors (Lipinski definition) is 4. The molecule has 0 aromatic rings.